The highest BCUT2D eigenvalue weighted by Gasteiger charge is 2.26. The van der Waals surface area contributed by atoms with E-state index in [1.807, 2.05) is 49.4 Å². The second kappa shape index (κ2) is 13.2. The summed E-state index contributed by atoms with van der Waals surface area (Å²) in [4.78, 5) is 0. The highest BCUT2D eigenvalue weighted by Crippen LogP contribution is 2.45. The molecule has 182 valence electrons. The molecule has 3 N–H and O–H groups in total. The van der Waals surface area contributed by atoms with Crippen molar-refractivity contribution in [3.05, 3.63) is 84.4 Å². The Morgan fingerprint density at radius 2 is 1.56 bits per heavy atom. The molecule has 3 aromatic carbocycles. The zero-order valence-electron chi connectivity index (χ0n) is 19.3. The zero-order valence-corrected chi connectivity index (χ0v) is 20.2. The van der Waals surface area contributed by atoms with Crippen molar-refractivity contribution in [1.29, 1.82) is 0 Å². The molecule has 0 fully saturated rings. The van der Waals surface area contributed by atoms with Crippen molar-refractivity contribution in [3.8, 4) is 17.2 Å². The molecule has 0 aliphatic heterocycles. The van der Waals surface area contributed by atoms with Gasteiger partial charge in [-0.2, -0.15) is 0 Å². The van der Waals surface area contributed by atoms with Crippen molar-refractivity contribution in [1.82, 2.24) is 5.32 Å². The van der Waals surface area contributed by atoms with Crippen LogP contribution in [-0.4, -0.2) is 49.0 Å². The van der Waals surface area contributed by atoms with Gasteiger partial charge >= 0.3 is 0 Å². The second-order valence-corrected chi connectivity index (χ2v) is 10.1. The molecule has 2 atom stereocenters. The van der Waals surface area contributed by atoms with Gasteiger partial charge in [0.2, 0.25) is 0 Å². The molecule has 7 nitrogen and oxygen atoms in total. The van der Waals surface area contributed by atoms with Crippen LogP contribution < -0.4 is 20.1 Å². The average Bonchev–Trinajstić information content (AvgIpc) is 2.86. The van der Waals surface area contributed by atoms with Crippen LogP contribution in [0.4, 0.5) is 0 Å². The quantitative estimate of drug-likeness (QED) is 0.235. The second-order valence-electron chi connectivity index (χ2n) is 7.76. The molecule has 0 unspecified atom stereocenters. The predicted molar refractivity (Wildman–Crippen MR) is 133 cm³/mol. The minimum Gasteiger partial charge on any atom is -0.508 e. The van der Waals surface area contributed by atoms with E-state index in [4.69, 9.17) is 14.0 Å². The molecule has 0 aliphatic carbocycles. The number of phenolic OH excluding ortho intramolecular Hbond substituents is 1. The van der Waals surface area contributed by atoms with Gasteiger partial charge in [-0.15, -0.1) is 0 Å². The molecule has 0 aliphatic rings. The van der Waals surface area contributed by atoms with Gasteiger partial charge in [0, 0.05) is 11.8 Å². The van der Waals surface area contributed by atoms with Gasteiger partial charge in [-0.1, -0.05) is 30.3 Å². The zero-order chi connectivity index (χ0) is 24.2. The first-order chi connectivity index (χ1) is 16.5. The monoisotopic (exact) mass is 485 g/mol. The third kappa shape index (κ3) is 8.19. The number of benzene rings is 3. The lowest BCUT2D eigenvalue weighted by molar-refractivity contribution is 0.106. The van der Waals surface area contributed by atoms with Crippen molar-refractivity contribution >= 4 is 12.7 Å². The summed E-state index contributed by atoms with van der Waals surface area (Å²) in [5.74, 6) is 1.40. The molecule has 0 radical (unpaired) electrons. The lowest BCUT2D eigenvalue weighted by atomic mass is 10.1. The van der Waals surface area contributed by atoms with Gasteiger partial charge in [-0.05, 0) is 74.0 Å². The van der Waals surface area contributed by atoms with E-state index in [0.717, 1.165) is 12.0 Å². The van der Waals surface area contributed by atoms with Crippen LogP contribution in [-0.2, 0) is 15.5 Å². The Kier molecular flexibility index (Phi) is 9.98. The van der Waals surface area contributed by atoms with Gasteiger partial charge < -0.3 is 29.5 Å². The minimum absolute atomic E-state index is 0.0180. The Labute approximate surface area is 200 Å². The molecule has 3 aromatic rings. The van der Waals surface area contributed by atoms with E-state index < -0.39 is 13.5 Å². The molecule has 0 saturated carbocycles. The highest BCUT2D eigenvalue weighted by molar-refractivity contribution is 7.66. The van der Waals surface area contributed by atoms with Crippen LogP contribution in [0.15, 0.2) is 78.9 Å². The van der Waals surface area contributed by atoms with Crippen LogP contribution in [0.3, 0.4) is 0 Å². The summed E-state index contributed by atoms with van der Waals surface area (Å²) >= 11 is 0. The van der Waals surface area contributed by atoms with Crippen molar-refractivity contribution in [2.24, 2.45) is 0 Å². The molecule has 0 spiro atoms. The molecular formula is C26H32NO6P. The Hall–Kier alpha value is -2.83. The number of rotatable bonds is 14. The van der Waals surface area contributed by atoms with Gasteiger partial charge in [-0.3, -0.25) is 4.57 Å². The highest BCUT2D eigenvalue weighted by atomic mass is 31.2. The summed E-state index contributed by atoms with van der Waals surface area (Å²) in [6.45, 7) is 3.44. The summed E-state index contributed by atoms with van der Waals surface area (Å²) < 4.78 is 30.1. The van der Waals surface area contributed by atoms with Crippen molar-refractivity contribution < 1.29 is 28.8 Å². The van der Waals surface area contributed by atoms with Gasteiger partial charge in [0.05, 0.1) is 6.61 Å². The number of aromatic hydroxyl groups is 1. The smallest absolute Gasteiger partial charge is 0.268 e. The van der Waals surface area contributed by atoms with Crippen LogP contribution in [0.2, 0.25) is 0 Å². The van der Waals surface area contributed by atoms with Gasteiger partial charge in [0.25, 0.3) is 7.37 Å². The molecular weight excluding hydrogens is 453 g/mol. The van der Waals surface area contributed by atoms with Crippen molar-refractivity contribution in [2.45, 2.75) is 19.4 Å². The van der Waals surface area contributed by atoms with Crippen LogP contribution in [0.1, 0.15) is 12.5 Å². The number of aliphatic hydroxyl groups is 1. The molecule has 0 heterocycles. The fourth-order valence-corrected chi connectivity index (χ4v) is 4.99. The van der Waals surface area contributed by atoms with Crippen LogP contribution in [0, 0.1) is 0 Å². The molecule has 0 bridgehead atoms. The van der Waals surface area contributed by atoms with Gasteiger partial charge in [0.15, 0.2) is 6.35 Å². The third-order valence-electron chi connectivity index (χ3n) is 5.06. The van der Waals surface area contributed by atoms with Crippen LogP contribution in [0.25, 0.3) is 0 Å². The first kappa shape index (κ1) is 25.8. The standard InChI is InChI=1S/C26H32NO6P/c1-2-33-34(30,26-6-4-3-5-7-26)20-32-25-12-8-21(9-13-25)16-17-27-18-23(29)19-31-24-14-10-22(28)11-15-24/h3-15,23,27-29H,2,16-20H2,1H3/t23-,34+/m0/s1. The van der Waals surface area contributed by atoms with Crippen molar-refractivity contribution in [3.63, 3.8) is 0 Å². The average molecular weight is 486 g/mol. The molecule has 8 heteroatoms. The Balaban J connectivity index is 1.38. The maximum absolute atomic E-state index is 13.2. The maximum atomic E-state index is 13.2. The summed E-state index contributed by atoms with van der Waals surface area (Å²) in [6, 6.07) is 23.2. The van der Waals surface area contributed by atoms with Gasteiger partial charge in [0.1, 0.15) is 30.0 Å². The Morgan fingerprint density at radius 1 is 0.912 bits per heavy atom. The van der Waals surface area contributed by atoms with Crippen LogP contribution in [0.5, 0.6) is 17.2 Å². The summed E-state index contributed by atoms with van der Waals surface area (Å²) in [5, 5.41) is 23.2. The van der Waals surface area contributed by atoms with E-state index >= 15 is 0 Å². The van der Waals surface area contributed by atoms with E-state index in [0.29, 0.717) is 36.5 Å². The first-order valence-electron chi connectivity index (χ1n) is 11.3. The Bertz CT molecular complexity index is 1030. The SMILES string of the molecule is CCO[P@](=O)(COc1ccc(CCNC[C@H](O)COc2ccc(O)cc2)cc1)c1ccccc1. The normalized spacial score (nSPS) is 13.7. The molecule has 0 aromatic heterocycles. The fourth-order valence-electron chi connectivity index (χ4n) is 3.26. The lowest BCUT2D eigenvalue weighted by Gasteiger charge is -2.18. The molecule has 34 heavy (non-hydrogen) atoms. The number of phenols is 1. The first-order valence-corrected chi connectivity index (χ1v) is 13.1. The number of hydrogen-bond donors (Lipinski definition) is 3. The number of hydrogen-bond acceptors (Lipinski definition) is 7. The fraction of sp³-hybridized carbons (Fsp3) is 0.308. The molecule has 0 saturated heterocycles. The summed E-state index contributed by atoms with van der Waals surface area (Å²) in [7, 11) is -3.09. The third-order valence-corrected chi connectivity index (χ3v) is 7.29. The van der Waals surface area contributed by atoms with E-state index in [2.05, 4.69) is 5.32 Å². The van der Waals surface area contributed by atoms with E-state index in [9.17, 15) is 14.8 Å². The maximum Gasteiger partial charge on any atom is 0.268 e. The van der Waals surface area contributed by atoms with Gasteiger partial charge in [-0.25, -0.2) is 0 Å². The summed E-state index contributed by atoms with van der Waals surface area (Å²) in [5.41, 5.74) is 1.12. The van der Waals surface area contributed by atoms with E-state index in [1.54, 1.807) is 24.3 Å². The topological polar surface area (TPSA) is 97.3 Å². The van der Waals surface area contributed by atoms with Crippen molar-refractivity contribution in [2.75, 3.05) is 32.7 Å². The number of aliphatic hydroxyl groups excluding tert-OH is 1. The molecule has 0 amide bonds. The number of nitrogens with one attached hydrogen (secondary N) is 1. The predicted octanol–water partition coefficient (Wildman–Crippen LogP) is 3.94. The molecule has 3 rings (SSSR count). The number of ether oxygens (including phenoxy) is 2. The lowest BCUT2D eigenvalue weighted by Crippen LogP contribution is -2.32. The Morgan fingerprint density at radius 3 is 2.24 bits per heavy atom. The minimum atomic E-state index is -3.09. The van der Waals surface area contributed by atoms with E-state index in [1.165, 1.54) is 12.1 Å². The summed E-state index contributed by atoms with van der Waals surface area (Å²) in [6.07, 6.45) is 0.124. The van der Waals surface area contributed by atoms with E-state index in [-0.39, 0.29) is 18.7 Å². The largest absolute Gasteiger partial charge is 0.508 e. The van der Waals surface area contributed by atoms with Crippen LogP contribution >= 0.6 is 7.37 Å².